The highest BCUT2D eigenvalue weighted by atomic mass is 79.9. The van der Waals surface area contributed by atoms with E-state index in [1.807, 2.05) is 36.4 Å². The number of hydrogen-bond acceptors (Lipinski definition) is 1. The fraction of sp³-hybridized carbons (Fsp3) is 0.250. The van der Waals surface area contributed by atoms with Crippen LogP contribution in [0.5, 0.6) is 0 Å². The molecule has 0 saturated heterocycles. The number of nitrogens with one attached hydrogen (secondary N) is 1. The molecule has 19 heavy (non-hydrogen) atoms. The quantitative estimate of drug-likeness (QED) is 0.783. The maximum absolute atomic E-state index is 13.7. The second-order valence-electron chi connectivity index (χ2n) is 4.49. The summed E-state index contributed by atoms with van der Waals surface area (Å²) in [5, 5.41) is 3.23. The first-order valence-corrected chi connectivity index (χ1v) is 7.25. The van der Waals surface area contributed by atoms with E-state index in [0.717, 1.165) is 28.6 Å². The van der Waals surface area contributed by atoms with Crippen LogP contribution in [0.3, 0.4) is 0 Å². The van der Waals surface area contributed by atoms with Crippen LogP contribution in [0.25, 0.3) is 11.1 Å². The Bertz CT molecular complexity index is 537. The minimum absolute atomic E-state index is 0.149. The first-order chi connectivity index (χ1) is 9.20. The van der Waals surface area contributed by atoms with Gasteiger partial charge in [0.25, 0.3) is 0 Å². The molecule has 0 bridgehead atoms. The Morgan fingerprint density at radius 3 is 2.42 bits per heavy atom. The molecule has 1 nitrogen and oxygen atoms in total. The molecule has 0 spiro atoms. The topological polar surface area (TPSA) is 12.0 Å². The molecule has 3 heteroatoms. The third kappa shape index (κ3) is 3.88. The number of rotatable bonds is 5. The van der Waals surface area contributed by atoms with Crippen LogP contribution >= 0.6 is 15.9 Å². The largest absolute Gasteiger partial charge is 0.313 e. The van der Waals surface area contributed by atoms with E-state index in [0.29, 0.717) is 12.1 Å². The molecule has 2 aromatic rings. The Morgan fingerprint density at radius 2 is 1.74 bits per heavy atom. The van der Waals surface area contributed by atoms with Crippen molar-refractivity contribution in [3.05, 3.63) is 58.3 Å². The fourth-order valence-electron chi connectivity index (χ4n) is 1.93. The molecule has 100 valence electrons. The van der Waals surface area contributed by atoms with Crippen molar-refractivity contribution in [2.75, 3.05) is 6.54 Å². The van der Waals surface area contributed by atoms with Gasteiger partial charge in [-0.1, -0.05) is 41.1 Å². The normalized spacial score (nSPS) is 10.7. The van der Waals surface area contributed by atoms with Crippen molar-refractivity contribution >= 4 is 15.9 Å². The molecular weight excluding hydrogens is 305 g/mol. The monoisotopic (exact) mass is 321 g/mol. The molecular formula is C16H17BrFN. The Balaban J connectivity index is 2.22. The lowest BCUT2D eigenvalue weighted by Gasteiger charge is -2.08. The molecule has 1 N–H and O–H groups in total. The lowest BCUT2D eigenvalue weighted by atomic mass is 10.0. The van der Waals surface area contributed by atoms with E-state index in [1.165, 1.54) is 0 Å². The van der Waals surface area contributed by atoms with E-state index in [9.17, 15) is 4.39 Å². The standard InChI is InChI=1S/C16H17BrFN/c1-2-9-19-11-14-10-13(5-8-16(14)18)12-3-6-15(17)7-4-12/h3-8,10,19H,2,9,11H2,1H3. The number of benzene rings is 2. The van der Waals surface area contributed by atoms with Gasteiger partial charge in [-0.15, -0.1) is 0 Å². The van der Waals surface area contributed by atoms with Crippen molar-refractivity contribution in [1.29, 1.82) is 0 Å². The summed E-state index contributed by atoms with van der Waals surface area (Å²) in [5.74, 6) is -0.149. The van der Waals surface area contributed by atoms with Crippen LogP contribution in [-0.2, 0) is 6.54 Å². The highest BCUT2D eigenvalue weighted by Crippen LogP contribution is 2.23. The maximum atomic E-state index is 13.7. The van der Waals surface area contributed by atoms with Gasteiger partial charge in [-0.2, -0.15) is 0 Å². The molecule has 0 atom stereocenters. The van der Waals surface area contributed by atoms with E-state index in [2.05, 4.69) is 28.2 Å². The lowest BCUT2D eigenvalue weighted by molar-refractivity contribution is 0.587. The van der Waals surface area contributed by atoms with E-state index < -0.39 is 0 Å². The minimum Gasteiger partial charge on any atom is -0.313 e. The Morgan fingerprint density at radius 1 is 1.05 bits per heavy atom. The predicted molar refractivity (Wildman–Crippen MR) is 81.5 cm³/mol. The van der Waals surface area contributed by atoms with Gasteiger partial charge in [0.1, 0.15) is 5.82 Å². The van der Waals surface area contributed by atoms with E-state index >= 15 is 0 Å². The van der Waals surface area contributed by atoms with Crippen molar-refractivity contribution in [2.45, 2.75) is 19.9 Å². The first-order valence-electron chi connectivity index (χ1n) is 6.46. The molecule has 0 radical (unpaired) electrons. The smallest absolute Gasteiger partial charge is 0.127 e. The molecule has 2 rings (SSSR count). The summed E-state index contributed by atoms with van der Waals surface area (Å²) in [6.07, 6.45) is 1.05. The zero-order chi connectivity index (χ0) is 13.7. The van der Waals surface area contributed by atoms with Gasteiger partial charge in [-0.3, -0.25) is 0 Å². The van der Waals surface area contributed by atoms with Crippen molar-refractivity contribution < 1.29 is 4.39 Å². The first kappa shape index (κ1) is 14.2. The zero-order valence-electron chi connectivity index (χ0n) is 10.9. The van der Waals surface area contributed by atoms with Crippen LogP contribution in [0.4, 0.5) is 4.39 Å². The third-order valence-corrected chi connectivity index (χ3v) is 3.49. The molecule has 0 unspecified atom stereocenters. The summed E-state index contributed by atoms with van der Waals surface area (Å²) in [4.78, 5) is 0. The average Bonchev–Trinajstić information content (AvgIpc) is 2.42. The maximum Gasteiger partial charge on any atom is 0.127 e. The van der Waals surface area contributed by atoms with Gasteiger partial charge < -0.3 is 5.32 Å². The zero-order valence-corrected chi connectivity index (χ0v) is 12.5. The summed E-state index contributed by atoms with van der Waals surface area (Å²) >= 11 is 3.42. The second kappa shape index (κ2) is 6.83. The van der Waals surface area contributed by atoms with Crippen molar-refractivity contribution in [3.8, 4) is 11.1 Å². The number of halogens is 2. The molecule has 0 heterocycles. The summed E-state index contributed by atoms with van der Waals surface area (Å²) in [7, 11) is 0. The van der Waals surface area contributed by atoms with Gasteiger partial charge in [0, 0.05) is 16.6 Å². The van der Waals surface area contributed by atoms with Crippen molar-refractivity contribution in [1.82, 2.24) is 5.32 Å². The van der Waals surface area contributed by atoms with Crippen molar-refractivity contribution in [2.24, 2.45) is 0 Å². The highest BCUT2D eigenvalue weighted by Gasteiger charge is 2.05. The van der Waals surface area contributed by atoms with Crippen LogP contribution in [0, 0.1) is 5.82 Å². The van der Waals surface area contributed by atoms with Crippen LogP contribution < -0.4 is 5.32 Å². The predicted octanol–water partition coefficient (Wildman–Crippen LogP) is 4.75. The molecule has 0 aliphatic heterocycles. The molecule has 0 saturated carbocycles. The molecule has 0 aromatic heterocycles. The van der Waals surface area contributed by atoms with Crippen LogP contribution in [0.1, 0.15) is 18.9 Å². The van der Waals surface area contributed by atoms with Crippen LogP contribution in [-0.4, -0.2) is 6.54 Å². The molecule has 0 amide bonds. The average molecular weight is 322 g/mol. The van der Waals surface area contributed by atoms with Gasteiger partial charge in [0.15, 0.2) is 0 Å². The lowest BCUT2D eigenvalue weighted by Crippen LogP contribution is -2.14. The van der Waals surface area contributed by atoms with E-state index in [4.69, 9.17) is 0 Å². The van der Waals surface area contributed by atoms with Gasteiger partial charge in [-0.25, -0.2) is 4.39 Å². The summed E-state index contributed by atoms with van der Waals surface area (Å²) < 4.78 is 14.8. The summed E-state index contributed by atoms with van der Waals surface area (Å²) in [6, 6.07) is 13.3. The second-order valence-corrected chi connectivity index (χ2v) is 5.41. The van der Waals surface area contributed by atoms with Crippen LogP contribution in [0.15, 0.2) is 46.9 Å². The Labute approximate surface area is 122 Å². The third-order valence-electron chi connectivity index (χ3n) is 2.97. The molecule has 0 fully saturated rings. The highest BCUT2D eigenvalue weighted by molar-refractivity contribution is 9.10. The Hall–Kier alpha value is -1.19. The van der Waals surface area contributed by atoms with E-state index in [-0.39, 0.29) is 5.82 Å². The molecule has 0 aliphatic carbocycles. The minimum atomic E-state index is -0.149. The van der Waals surface area contributed by atoms with Gasteiger partial charge in [0.05, 0.1) is 0 Å². The SMILES string of the molecule is CCCNCc1cc(-c2ccc(Br)cc2)ccc1F. The summed E-state index contributed by atoms with van der Waals surface area (Å²) in [5.41, 5.74) is 2.86. The van der Waals surface area contributed by atoms with Gasteiger partial charge in [-0.05, 0) is 48.4 Å². The van der Waals surface area contributed by atoms with Gasteiger partial charge in [0.2, 0.25) is 0 Å². The van der Waals surface area contributed by atoms with Crippen LogP contribution in [0.2, 0.25) is 0 Å². The molecule has 2 aromatic carbocycles. The summed E-state index contributed by atoms with van der Waals surface area (Å²) in [6.45, 7) is 3.58. The Kier molecular flexibility index (Phi) is 5.11. The fourth-order valence-corrected chi connectivity index (χ4v) is 2.20. The van der Waals surface area contributed by atoms with Crippen molar-refractivity contribution in [3.63, 3.8) is 0 Å². The number of hydrogen-bond donors (Lipinski definition) is 1. The van der Waals surface area contributed by atoms with Gasteiger partial charge >= 0.3 is 0 Å². The van der Waals surface area contributed by atoms with E-state index in [1.54, 1.807) is 6.07 Å². The molecule has 0 aliphatic rings.